The van der Waals surface area contributed by atoms with E-state index in [4.69, 9.17) is 9.97 Å². The molecule has 0 bridgehead atoms. The molecule has 2 heterocycles. The second kappa shape index (κ2) is 13.9. The van der Waals surface area contributed by atoms with E-state index in [1.807, 2.05) is 67.6 Å². The quantitative estimate of drug-likeness (QED) is 0.0953. The molecule has 0 aliphatic rings. The van der Waals surface area contributed by atoms with Crippen LogP contribution in [0.15, 0.2) is 119 Å². The van der Waals surface area contributed by atoms with E-state index in [1.54, 1.807) is 36.7 Å². The van der Waals surface area contributed by atoms with Crippen molar-refractivity contribution in [2.24, 2.45) is 5.10 Å². The fourth-order valence-electron chi connectivity index (χ4n) is 4.35. The minimum Gasteiger partial charge on any atom is -0.387 e. The molecule has 0 amide bonds. The first kappa shape index (κ1) is 30.3. The summed E-state index contributed by atoms with van der Waals surface area (Å²) in [5.74, 6) is 1.21. The number of aromatic nitrogens is 3. The van der Waals surface area contributed by atoms with Crippen molar-refractivity contribution in [2.45, 2.75) is 17.9 Å². The molecule has 0 aliphatic carbocycles. The summed E-state index contributed by atoms with van der Waals surface area (Å²) in [6.07, 6.45) is 2.46. The predicted octanol–water partition coefficient (Wildman–Crippen LogP) is 5.17. The Kier molecular flexibility index (Phi) is 9.55. The van der Waals surface area contributed by atoms with E-state index in [1.165, 1.54) is 19.2 Å². The van der Waals surface area contributed by atoms with Gasteiger partial charge in [0.2, 0.25) is 16.0 Å². The van der Waals surface area contributed by atoms with Gasteiger partial charge in [-0.15, -0.1) is 0 Å². The van der Waals surface area contributed by atoms with Crippen LogP contribution in [0.25, 0.3) is 11.1 Å². The van der Waals surface area contributed by atoms with Gasteiger partial charge in [-0.25, -0.2) is 13.1 Å². The summed E-state index contributed by atoms with van der Waals surface area (Å²) in [7, 11) is -2.18. The van der Waals surface area contributed by atoms with Crippen LogP contribution in [0.5, 0.6) is 0 Å². The summed E-state index contributed by atoms with van der Waals surface area (Å²) in [5.41, 5.74) is 7.44. The fraction of sp³-hybridized carbons (Fsp3) is 0.125. The third kappa shape index (κ3) is 7.42. The minimum atomic E-state index is -3.55. The highest BCUT2D eigenvalue weighted by molar-refractivity contribution is 7.89. The maximum Gasteiger partial charge on any atom is 0.240 e. The van der Waals surface area contributed by atoms with Crippen molar-refractivity contribution in [1.82, 2.24) is 19.7 Å². The number of benzene rings is 3. The molecule has 5 rings (SSSR count). The molecule has 3 aromatic carbocycles. The first-order chi connectivity index (χ1) is 21.3. The Balaban J connectivity index is 1.53. The fourth-order valence-corrected chi connectivity index (χ4v) is 5.08. The highest BCUT2D eigenvalue weighted by Gasteiger charge is 2.19. The van der Waals surface area contributed by atoms with Crippen LogP contribution in [0.1, 0.15) is 24.2 Å². The highest BCUT2D eigenvalue weighted by atomic mass is 32.2. The lowest BCUT2D eigenvalue weighted by Gasteiger charge is -2.19. The van der Waals surface area contributed by atoms with Crippen molar-refractivity contribution >= 4 is 39.0 Å². The van der Waals surface area contributed by atoms with Gasteiger partial charge >= 0.3 is 0 Å². The van der Waals surface area contributed by atoms with Crippen LogP contribution in [0.3, 0.4) is 0 Å². The minimum absolute atomic E-state index is 0.160. The number of pyridine rings is 1. The Morgan fingerprint density at radius 3 is 2.16 bits per heavy atom. The maximum absolute atomic E-state index is 12.1. The molecule has 2 aromatic heterocycles. The first-order valence-corrected chi connectivity index (χ1v) is 15.3. The molecule has 44 heavy (non-hydrogen) atoms. The molecule has 1 unspecified atom stereocenters. The van der Waals surface area contributed by atoms with Gasteiger partial charge in [0, 0.05) is 24.6 Å². The van der Waals surface area contributed by atoms with E-state index in [2.05, 4.69) is 30.9 Å². The molecule has 12 heteroatoms. The molecule has 5 N–H and O–H groups in total. The van der Waals surface area contributed by atoms with Crippen LogP contribution < -0.4 is 20.8 Å². The van der Waals surface area contributed by atoms with E-state index in [-0.39, 0.29) is 11.4 Å². The van der Waals surface area contributed by atoms with Crippen LogP contribution in [-0.4, -0.2) is 47.8 Å². The Bertz CT molecular complexity index is 1820. The predicted molar refractivity (Wildman–Crippen MR) is 173 cm³/mol. The second-order valence-electron chi connectivity index (χ2n) is 9.69. The zero-order valence-corrected chi connectivity index (χ0v) is 25.0. The number of aliphatic hydroxyl groups excluding tert-OH is 1. The van der Waals surface area contributed by atoms with E-state index >= 15 is 0 Å². The lowest BCUT2D eigenvalue weighted by molar-refractivity contribution is 0.191. The third-order valence-electron chi connectivity index (χ3n) is 6.74. The number of aliphatic hydroxyl groups is 1. The molecule has 0 fully saturated rings. The number of nitrogens with zero attached hydrogens (tertiary/aromatic N) is 4. The molecule has 0 aliphatic heterocycles. The lowest BCUT2D eigenvalue weighted by atomic mass is 10.1. The van der Waals surface area contributed by atoms with Gasteiger partial charge < -0.3 is 15.7 Å². The van der Waals surface area contributed by atoms with Crippen molar-refractivity contribution < 1.29 is 13.5 Å². The summed E-state index contributed by atoms with van der Waals surface area (Å²) >= 11 is 0. The molecule has 1 atom stereocenters. The van der Waals surface area contributed by atoms with Crippen LogP contribution in [0, 0.1) is 0 Å². The molecule has 0 radical (unpaired) electrons. The summed E-state index contributed by atoms with van der Waals surface area (Å²) in [5, 5.41) is 22.0. The zero-order valence-electron chi connectivity index (χ0n) is 24.1. The van der Waals surface area contributed by atoms with Gasteiger partial charge in [-0.3, -0.25) is 10.4 Å². The molecule has 0 saturated heterocycles. The molecule has 11 nitrogen and oxygen atoms in total. The van der Waals surface area contributed by atoms with Crippen molar-refractivity contribution in [2.75, 3.05) is 29.7 Å². The SMILES string of the molecule is CNS(=O)(=O)c1ccc(C(C)=NNc2nc(Nc3ccccc3)nc(NCC(O)c3ccncc3)c2-c2ccccc2)cc1. The summed E-state index contributed by atoms with van der Waals surface area (Å²) < 4.78 is 26.6. The van der Waals surface area contributed by atoms with Crippen LogP contribution in [-0.2, 0) is 10.0 Å². The highest BCUT2D eigenvalue weighted by Crippen LogP contribution is 2.35. The van der Waals surface area contributed by atoms with Crippen LogP contribution >= 0.6 is 0 Å². The first-order valence-electron chi connectivity index (χ1n) is 13.8. The van der Waals surface area contributed by atoms with Gasteiger partial charge in [-0.1, -0.05) is 60.7 Å². The normalized spacial score (nSPS) is 12.4. The number of anilines is 4. The summed E-state index contributed by atoms with van der Waals surface area (Å²) in [4.78, 5) is 13.8. The molecule has 0 spiro atoms. The van der Waals surface area contributed by atoms with Crippen molar-refractivity contribution in [3.8, 4) is 11.1 Å². The van der Waals surface area contributed by atoms with E-state index in [0.717, 1.165) is 22.4 Å². The molecule has 0 saturated carbocycles. The van der Waals surface area contributed by atoms with Gasteiger partial charge in [0.05, 0.1) is 22.3 Å². The second-order valence-corrected chi connectivity index (χ2v) is 11.6. The van der Waals surface area contributed by atoms with Gasteiger partial charge in [0.25, 0.3) is 0 Å². The largest absolute Gasteiger partial charge is 0.387 e. The number of hydrogen-bond donors (Lipinski definition) is 5. The van der Waals surface area contributed by atoms with Crippen molar-refractivity contribution in [1.29, 1.82) is 0 Å². The Morgan fingerprint density at radius 2 is 1.50 bits per heavy atom. The number of nitrogens with one attached hydrogen (secondary N) is 4. The number of sulfonamides is 1. The lowest BCUT2D eigenvalue weighted by Crippen LogP contribution is -2.18. The van der Waals surface area contributed by atoms with Gasteiger partial charge in [0.15, 0.2) is 5.82 Å². The topological polar surface area (TPSA) is 154 Å². The van der Waals surface area contributed by atoms with Crippen molar-refractivity contribution in [3.05, 3.63) is 121 Å². The monoisotopic (exact) mass is 608 g/mol. The molecule has 224 valence electrons. The number of hydrazone groups is 1. The summed E-state index contributed by atoms with van der Waals surface area (Å²) in [6.45, 7) is 1.99. The third-order valence-corrected chi connectivity index (χ3v) is 8.17. The average Bonchev–Trinajstić information content (AvgIpc) is 3.07. The Morgan fingerprint density at radius 1 is 0.864 bits per heavy atom. The number of hydrogen-bond acceptors (Lipinski definition) is 10. The molecular formula is C32H32N8O3S. The number of rotatable bonds is 12. The Labute approximate surface area is 256 Å². The Hall–Kier alpha value is -5.17. The number of para-hydroxylation sites is 1. The van der Waals surface area contributed by atoms with Crippen molar-refractivity contribution in [3.63, 3.8) is 0 Å². The summed E-state index contributed by atoms with van der Waals surface area (Å²) in [6, 6.07) is 29.1. The standard InChI is InChI=1S/C32H32N8O3S/c1-22(23-13-15-27(16-14-23)44(42,43)33-2)39-40-31-29(25-9-5-3-6-10-25)30(35-21-28(41)24-17-19-34-20-18-24)37-32(38-31)36-26-11-7-4-8-12-26/h3-20,28,33,41H,21H2,1-2H3,(H3,35,36,37,38,40). The van der Waals surface area contributed by atoms with E-state index in [9.17, 15) is 13.5 Å². The van der Waals surface area contributed by atoms with E-state index < -0.39 is 16.1 Å². The van der Waals surface area contributed by atoms with Gasteiger partial charge in [-0.2, -0.15) is 15.1 Å². The van der Waals surface area contributed by atoms with Crippen LogP contribution in [0.4, 0.5) is 23.3 Å². The van der Waals surface area contributed by atoms with Gasteiger partial charge in [0.1, 0.15) is 5.82 Å². The van der Waals surface area contributed by atoms with Gasteiger partial charge in [-0.05, 0) is 67.1 Å². The zero-order chi connectivity index (χ0) is 30.9. The molecular weight excluding hydrogens is 576 g/mol. The molecule has 5 aromatic rings. The average molecular weight is 609 g/mol. The smallest absolute Gasteiger partial charge is 0.240 e. The van der Waals surface area contributed by atoms with Crippen LogP contribution in [0.2, 0.25) is 0 Å². The van der Waals surface area contributed by atoms with E-state index in [0.29, 0.717) is 28.9 Å². The maximum atomic E-state index is 12.1.